The number of carbonyl (C=O) groups excluding carboxylic acids is 6. The van der Waals surface area contributed by atoms with Gasteiger partial charge in [-0.25, -0.2) is 0 Å². The molecule has 2 saturated heterocycles. The van der Waals surface area contributed by atoms with E-state index in [0.29, 0.717) is 83.8 Å². The number of aliphatic hydroxyl groups is 6. The van der Waals surface area contributed by atoms with Crippen molar-refractivity contribution in [3.8, 4) is 0 Å². The third-order valence-corrected chi connectivity index (χ3v) is 11.3. The van der Waals surface area contributed by atoms with Gasteiger partial charge >= 0.3 is 0 Å². The minimum absolute atomic E-state index is 0.00880. The molecule has 66 heavy (non-hydrogen) atoms. The van der Waals surface area contributed by atoms with Crippen LogP contribution in [0.15, 0.2) is 0 Å². The van der Waals surface area contributed by atoms with Gasteiger partial charge in [0.2, 0.25) is 35.4 Å². The minimum Gasteiger partial charge on any atom is -0.388 e. The molecule has 0 saturated carbocycles. The maximum absolute atomic E-state index is 13.2. The lowest BCUT2D eigenvalue weighted by molar-refractivity contribution is -0.292. The predicted octanol–water partition coefficient (Wildman–Crippen LogP) is -1.61. The third-order valence-electron chi connectivity index (χ3n) is 11.3. The van der Waals surface area contributed by atoms with E-state index in [2.05, 4.69) is 31.9 Å². The molecule has 11 atom stereocenters. The molecule has 0 bridgehead atoms. The minimum atomic E-state index is -1.43. The summed E-state index contributed by atoms with van der Waals surface area (Å²) < 4.78 is 21.5. The summed E-state index contributed by atoms with van der Waals surface area (Å²) in [5.74, 6) is -1.16. The Morgan fingerprint density at radius 2 is 0.833 bits per heavy atom. The molecular weight excluding hydrogens is 869 g/mol. The van der Waals surface area contributed by atoms with E-state index in [4.69, 9.17) is 18.9 Å². The van der Waals surface area contributed by atoms with Crippen LogP contribution in [0.4, 0.5) is 0 Å². The maximum Gasteiger partial charge on any atom is 0.242 e. The van der Waals surface area contributed by atoms with E-state index in [1.165, 1.54) is 0 Å². The predicted molar refractivity (Wildman–Crippen MR) is 238 cm³/mol. The highest BCUT2D eigenvalue weighted by Gasteiger charge is 2.43. The number of amides is 6. The monoisotopic (exact) mass is 949 g/mol. The molecule has 22 nitrogen and oxygen atoms in total. The van der Waals surface area contributed by atoms with Gasteiger partial charge in [-0.2, -0.15) is 0 Å². The van der Waals surface area contributed by atoms with Gasteiger partial charge in [-0.15, -0.1) is 0 Å². The molecule has 6 amide bonds. The van der Waals surface area contributed by atoms with Gasteiger partial charge in [0.1, 0.15) is 42.7 Å². The average Bonchev–Trinajstić information content (AvgIpc) is 3.28. The van der Waals surface area contributed by atoms with Gasteiger partial charge in [0.25, 0.3) is 0 Å². The van der Waals surface area contributed by atoms with Gasteiger partial charge in [0, 0.05) is 64.8 Å². The van der Waals surface area contributed by atoms with Crippen molar-refractivity contribution >= 4 is 35.4 Å². The van der Waals surface area contributed by atoms with Crippen LogP contribution in [0.1, 0.15) is 130 Å². The molecule has 0 aliphatic carbocycles. The third kappa shape index (κ3) is 23.9. The first-order chi connectivity index (χ1) is 31.5. The largest absolute Gasteiger partial charge is 0.388 e. The number of aliphatic hydroxyl groups excluding tert-OH is 6. The zero-order valence-electron chi connectivity index (χ0n) is 39.1. The lowest BCUT2D eigenvalue weighted by atomic mass is 10.0. The van der Waals surface area contributed by atoms with Crippen molar-refractivity contribution in [2.45, 2.75) is 197 Å². The molecule has 2 aliphatic rings. The molecule has 382 valence electrons. The van der Waals surface area contributed by atoms with Crippen LogP contribution >= 0.6 is 0 Å². The Hall–Kier alpha value is -3.58. The van der Waals surface area contributed by atoms with Gasteiger partial charge < -0.3 is 81.5 Å². The van der Waals surface area contributed by atoms with E-state index in [0.717, 1.165) is 19.3 Å². The van der Waals surface area contributed by atoms with Crippen molar-refractivity contribution in [3.05, 3.63) is 0 Å². The molecule has 0 aromatic rings. The second-order valence-corrected chi connectivity index (χ2v) is 16.9. The Kier molecular flexibility index (Phi) is 30.0. The number of hydrogen-bond donors (Lipinski definition) is 12. The Morgan fingerprint density at radius 1 is 0.455 bits per heavy atom. The van der Waals surface area contributed by atoms with E-state index in [9.17, 15) is 59.4 Å². The summed E-state index contributed by atoms with van der Waals surface area (Å²) in [6.45, 7) is 6.60. The molecule has 12 N–H and O–H groups in total. The number of carbonyl (C=O) groups is 6. The van der Waals surface area contributed by atoms with Crippen LogP contribution < -0.4 is 31.9 Å². The molecule has 0 unspecified atom stereocenters. The van der Waals surface area contributed by atoms with Gasteiger partial charge in [0.15, 0.2) is 12.6 Å². The number of ether oxygens (including phenoxy) is 4. The van der Waals surface area contributed by atoms with Crippen LogP contribution in [0, 0.1) is 0 Å². The summed E-state index contributed by atoms with van der Waals surface area (Å²) in [5.41, 5.74) is 0. The zero-order chi connectivity index (χ0) is 48.9. The maximum atomic E-state index is 13.2. The molecule has 2 aliphatic heterocycles. The van der Waals surface area contributed by atoms with E-state index < -0.39 is 67.5 Å². The second kappa shape index (κ2) is 33.8. The topological polar surface area (TPSA) is 333 Å². The molecular formula is C44H80N6O16. The molecule has 0 aromatic heterocycles. The summed E-state index contributed by atoms with van der Waals surface area (Å²) in [5, 5.41) is 76.1. The number of hydrogen-bond acceptors (Lipinski definition) is 16. The van der Waals surface area contributed by atoms with Crippen LogP contribution in [-0.2, 0) is 47.7 Å². The fraction of sp³-hybridized carbons (Fsp3) is 0.864. The van der Waals surface area contributed by atoms with Crippen molar-refractivity contribution in [1.82, 2.24) is 31.9 Å². The molecule has 0 spiro atoms. The van der Waals surface area contributed by atoms with Crippen LogP contribution in [-0.4, -0.2) is 179 Å². The van der Waals surface area contributed by atoms with E-state index >= 15 is 0 Å². The zero-order valence-corrected chi connectivity index (χ0v) is 39.1. The van der Waals surface area contributed by atoms with E-state index in [1.54, 1.807) is 13.8 Å². The van der Waals surface area contributed by atoms with Crippen molar-refractivity contribution < 1.29 is 78.4 Å². The normalized spacial score (nSPS) is 25.6. The lowest BCUT2D eigenvalue weighted by Crippen LogP contribution is -2.57. The molecule has 22 heteroatoms. The van der Waals surface area contributed by atoms with Gasteiger partial charge in [0.05, 0.1) is 25.4 Å². The molecule has 0 radical (unpaired) electrons. The fourth-order valence-corrected chi connectivity index (χ4v) is 7.24. The van der Waals surface area contributed by atoms with Gasteiger partial charge in [-0.3, -0.25) is 28.8 Å². The van der Waals surface area contributed by atoms with Crippen LogP contribution in [0.2, 0.25) is 0 Å². The molecule has 2 fully saturated rings. The van der Waals surface area contributed by atoms with Crippen molar-refractivity contribution in [1.29, 1.82) is 0 Å². The Labute approximate surface area is 388 Å². The Bertz CT molecular complexity index is 1430. The highest BCUT2D eigenvalue weighted by atomic mass is 16.7. The lowest BCUT2D eigenvalue weighted by Gasteiger charge is -2.38. The first-order valence-corrected chi connectivity index (χ1v) is 23.8. The van der Waals surface area contributed by atoms with Crippen LogP contribution in [0.5, 0.6) is 0 Å². The van der Waals surface area contributed by atoms with E-state index in [-0.39, 0.29) is 87.4 Å². The quantitative estimate of drug-likeness (QED) is 0.0323. The molecule has 2 rings (SSSR count). The van der Waals surface area contributed by atoms with Gasteiger partial charge in [-0.05, 0) is 78.6 Å². The highest BCUT2D eigenvalue weighted by molar-refractivity contribution is 5.87. The van der Waals surface area contributed by atoms with Crippen LogP contribution in [0.25, 0.3) is 0 Å². The Balaban J connectivity index is 1.64. The SMILES string of the molecule is CCNC(=O)CCCCCCC(=O)N[C@@H](CCCCNC(=O)CCCCC(=O)NCCO[C@@H]1O[C@@H](C)[C@@H](O)[C@H](O)[C@@H]1O)C(=O)NCCCCCC(=O)NCCO[C@@H]1O[C@@H](C)[C@@H](O)[C@@H](O)[C@@H]1O. The first kappa shape index (κ1) is 58.5. The van der Waals surface area contributed by atoms with Crippen LogP contribution in [0.3, 0.4) is 0 Å². The van der Waals surface area contributed by atoms with Crippen molar-refractivity contribution in [2.24, 2.45) is 0 Å². The van der Waals surface area contributed by atoms with E-state index in [1.807, 2.05) is 6.92 Å². The first-order valence-electron chi connectivity index (χ1n) is 23.8. The molecule has 0 aromatic carbocycles. The number of nitrogens with one attached hydrogen (secondary N) is 6. The average molecular weight is 949 g/mol. The fourth-order valence-electron chi connectivity index (χ4n) is 7.24. The summed E-state index contributed by atoms with van der Waals surface area (Å²) in [6.07, 6.45) is -3.29. The number of unbranched alkanes of at least 4 members (excludes halogenated alkanes) is 7. The summed E-state index contributed by atoms with van der Waals surface area (Å²) in [4.78, 5) is 74.6. The summed E-state index contributed by atoms with van der Waals surface area (Å²) in [6, 6.07) is -0.772. The summed E-state index contributed by atoms with van der Waals surface area (Å²) in [7, 11) is 0. The standard InChI is InChI=1S/C44H80N6O16/c1-4-45-31(51)17-8-5-6-9-21-35(55)50-30(42(62)49-23-14-7-10-18-33(53)47-24-26-63-43-40(60)38(58)36(56)28(2)65-43)16-13-15-22-46-32(52)19-11-12-20-34(54)48-25-27-64-44-41(61)39(59)37(57)29(3)66-44/h28-30,36-41,43-44,56-61H,4-27H2,1-3H3,(H,45,51)(H,46,52)(H,47,53)(H,48,54)(H,49,62)(H,50,55)/t28-,29-,30-,36+,37+,38+,39-,40-,41-,43+,44+/m0/s1. The number of rotatable bonds is 34. The smallest absolute Gasteiger partial charge is 0.242 e. The Morgan fingerprint density at radius 3 is 1.30 bits per heavy atom. The molecule has 2 heterocycles. The highest BCUT2D eigenvalue weighted by Crippen LogP contribution is 2.23. The second-order valence-electron chi connectivity index (χ2n) is 16.9. The van der Waals surface area contributed by atoms with Crippen molar-refractivity contribution in [3.63, 3.8) is 0 Å². The van der Waals surface area contributed by atoms with Gasteiger partial charge in [-0.1, -0.05) is 19.3 Å². The summed E-state index contributed by atoms with van der Waals surface area (Å²) >= 11 is 0. The van der Waals surface area contributed by atoms with Crippen molar-refractivity contribution in [2.75, 3.05) is 45.9 Å².